The fourth-order valence-electron chi connectivity index (χ4n) is 4.83. The fourth-order valence-corrected chi connectivity index (χ4v) is 5.89. The lowest BCUT2D eigenvalue weighted by Gasteiger charge is -2.22. The highest BCUT2D eigenvalue weighted by atomic mass is 79.9. The predicted octanol–water partition coefficient (Wildman–Crippen LogP) is 8.48. The summed E-state index contributed by atoms with van der Waals surface area (Å²) < 4.78 is 15.0. The van der Waals surface area contributed by atoms with Gasteiger partial charge in [0.25, 0.3) is 5.56 Å². The molecule has 0 aliphatic heterocycles. The van der Waals surface area contributed by atoms with Crippen LogP contribution in [0, 0.1) is 0 Å². The van der Waals surface area contributed by atoms with E-state index >= 15 is 0 Å². The molecule has 1 fully saturated rings. The summed E-state index contributed by atoms with van der Waals surface area (Å²) in [6.07, 6.45) is 7.15. The molecule has 1 aliphatic rings. The number of nitrogens with zero attached hydrogens (tertiary/aromatic N) is 3. The van der Waals surface area contributed by atoms with Crippen molar-refractivity contribution in [2.75, 3.05) is 6.61 Å². The van der Waals surface area contributed by atoms with E-state index in [0.717, 1.165) is 47.1 Å². The first kappa shape index (κ1) is 27.9. The van der Waals surface area contributed by atoms with Crippen molar-refractivity contribution < 1.29 is 9.47 Å². The van der Waals surface area contributed by atoms with E-state index in [0.29, 0.717) is 45.1 Å². The van der Waals surface area contributed by atoms with Crippen LogP contribution in [0.5, 0.6) is 11.5 Å². The summed E-state index contributed by atoms with van der Waals surface area (Å²) >= 11 is 13.4. The van der Waals surface area contributed by atoms with Gasteiger partial charge in [0.05, 0.1) is 28.2 Å². The molecule has 6 nitrogen and oxygen atoms in total. The van der Waals surface area contributed by atoms with Crippen molar-refractivity contribution in [2.24, 2.45) is 5.10 Å². The van der Waals surface area contributed by atoms with Crippen LogP contribution in [-0.2, 0) is 6.61 Å². The average molecular weight is 674 g/mol. The number of rotatable bonds is 8. The first-order valence-electron chi connectivity index (χ1n) is 13.0. The zero-order valence-electron chi connectivity index (χ0n) is 21.5. The van der Waals surface area contributed by atoms with E-state index in [9.17, 15) is 4.79 Å². The zero-order chi connectivity index (χ0) is 27.4. The molecule has 3 aromatic carbocycles. The molecule has 1 aliphatic carbocycles. The summed E-state index contributed by atoms with van der Waals surface area (Å²) in [5.74, 6) is 2.06. The number of para-hydroxylation sites is 1. The Morgan fingerprint density at radius 3 is 2.54 bits per heavy atom. The van der Waals surface area contributed by atoms with Crippen molar-refractivity contribution in [3.8, 4) is 11.5 Å². The minimum absolute atomic E-state index is 0.166. The molecule has 4 aromatic rings. The molecule has 0 N–H and O–H groups in total. The van der Waals surface area contributed by atoms with Gasteiger partial charge in [-0.15, -0.1) is 0 Å². The molecule has 0 radical (unpaired) electrons. The molecule has 5 rings (SSSR count). The van der Waals surface area contributed by atoms with Crippen molar-refractivity contribution in [3.05, 3.63) is 95.9 Å². The third kappa shape index (κ3) is 6.23. The number of hydrogen-bond acceptors (Lipinski definition) is 5. The molecule has 202 valence electrons. The van der Waals surface area contributed by atoms with E-state index in [1.807, 2.05) is 55.5 Å². The minimum Gasteiger partial charge on any atom is -0.490 e. The van der Waals surface area contributed by atoms with Crippen molar-refractivity contribution in [1.29, 1.82) is 0 Å². The average Bonchev–Trinajstić information content (AvgIpc) is 2.96. The first-order valence-corrected chi connectivity index (χ1v) is 15.0. The molecule has 0 atom stereocenters. The van der Waals surface area contributed by atoms with Crippen LogP contribution < -0.4 is 15.0 Å². The van der Waals surface area contributed by atoms with Crippen molar-refractivity contribution in [1.82, 2.24) is 9.66 Å². The van der Waals surface area contributed by atoms with Crippen LogP contribution in [-0.4, -0.2) is 22.5 Å². The topological polar surface area (TPSA) is 65.7 Å². The Labute approximate surface area is 249 Å². The van der Waals surface area contributed by atoms with Crippen molar-refractivity contribution in [3.63, 3.8) is 0 Å². The minimum atomic E-state index is -0.166. The molecule has 0 saturated heterocycles. The van der Waals surface area contributed by atoms with Crippen molar-refractivity contribution in [2.45, 2.75) is 51.6 Å². The maximum atomic E-state index is 13.6. The van der Waals surface area contributed by atoms with E-state index in [1.165, 1.54) is 11.1 Å². The Morgan fingerprint density at radius 2 is 1.79 bits per heavy atom. The Kier molecular flexibility index (Phi) is 9.05. The summed E-state index contributed by atoms with van der Waals surface area (Å²) in [6.45, 7) is 2.73. The highest BCUT2D eigenvalue weighted by Crippen LogP contribution is 2.43. The number of hydrogen-bond donors (Lipinski definition) is 0. The van der Waals surface area contributed by atoms with Gasteiger partial charge in [-0.3, -0.25) is 4.79 Å². The van der Waals surface area contributed by atoms with Gasteiger partial charge < -0.3 is 9.47 Å². The van der Waals surface area contributed by atoms with Crippen LogP contribution in [0.4, 0.5) is 0 Å². The smallest absolute Gasteiger partial charge is 0.282 e. The van der Waals surface area contributed by atoms with Gasteiger partial charge in [-0.25, -0.2) is 4.98 Å². The lowest BCUT2D eigenvalue weighted by molar-refractivity contribution is 0.267. The maximum absolute atomic E-state index is 13.6. The maximum Gasteiger partial charge on any atom is 0.282 e. The predicted molar refractivity (Wildman–Crippen MR) is 164 cm³/mol. The van der Waals surface area contributed by atoms with E-state index in [4.69, 9.17) is 31.2 Å². The second-order valence-corrected chi connectivity index (χ2v) is 11.5. The Hall–Kier alpha value is -2.68. The van der Waals surface area contributed by atoms with Gasteiger partial charge in [-0.1, -0.05) is 55.1 Å². The summed E-state index contributed by atoms with van der Waals surface area (Å²) in [5.41, 5.74) is 2.26. The van der Waals surface area contributed by atoms with Gasteiger partial charge >= 0.3 is 0 Å². The number of benzene rings is 3. The summed E-state index contributed by atoms with van der Waals surface area (Å²) in [6, 6.07) is 16.8. The molecular formula is C30H28Br2ClN3O3. The van der Waals surface area contributed by atoms with Gasteiger partial charge in [0.15, 0.2) is 11.5 Å². The fraction of sp³-hybridized carbons (Fsp3) is 0.300. The van der Waals surface area contributed by atoms with Crippen LogP contribution in [0.1, 0.15) is 61.9 Å². The third-order valence-electron chi connectivity index (χ3n) is 6.81. The second-order valence-electron chi connectivity index (χ2n) is 9.45. The van der Waals surface area contributed by atoms with E-state index in [2.05, 4.69) is 31.9 Å². The van der Waals surface area contributed by atoms with Gasteiger partial charge in [0.1, 0.15) is 12.4 Å². The standard InChI is InChI=1S/C30H28Br2ClN3O3/c1-2-38-25-16-21(26(31)27(32)28(25)39-18-19-12-14-22(33)15-13-19)17-34-36-29(20-8-4-3-5-9-20)35-24-11-7-6-10-23(24)30(36)37/h6-7,10-17,20H,2-5,8-9,18H2,1H3. The van der Waals surface area contributed by atoms with E-state index in [1.54, 1.807) is 12.3 Å². The number of ether oxygens (including phenoxy) is 2. The summed E-state index contributed by atoms with van der Waals surface area (Å²) in [5, 5.41) is 5.92. The molecule has 0 unspecified atom stereocenters. The monoisotopic (exact) mass is 671 g/mol. The van der Waals surface area contributed by atoms with E-state index < -0.39 is 0 Å². The lowest BCUT2D eigenvalue weighted by Crippen LogP contribution is -2.25. The SMILES string of the molecule is CCOc1cc(C=Nn2c(C3CCCCC3)nc3ccccc3c2=O)c(Br)c(Br)c1OCc1ccc(Cl)cc1. The molecule has 1 aromatic heterocycles. The number of fused-ring (bicyclic) bond motifs is 1. The largest absolute Gasteiger partial charge is 0.490 e. The van der Waals surface area contributed by atoms with Gasteiger partial charge in [-0.2, -0.15) is 9.78 Å². The van der Waals surface area contributed by atoms with Gasteiger partial charge in [0.2, 0.25) is 0 Å². The molecule has 1 heterocycles. The molecular weight excluding hydrogens is 646 g/mol. The second kappa shape index (κ2) is 12.7. The summed E-state index contributed by atoms with van der Waals surface area (Å²) in [4.78, 5) is 18.5. The molecule has 39 heavy (non-hydrogen) atoms. The Balaban J connectivity index is 1.53. The van der Waals surface area contributed by atoms with E-state index in [-0.39, 0.29) is 11.5 Å². The number of halogens is 3. The van der Waals surface area contributed by atoms with Crippen LogP contribution in [0.15, 0.2) is 73.4 Å². The van der Waals surface area contributed by atoms with Crippen molar-refractivity contribution >= 4 is 60.6 Å². The molecule has 0 amide bonds. The van der Waals surface area contributed by atoms with Crippen LogP contribution in [0.25, 0.3) is 10.9 Å². The third-order valence-corrected chi connectivity index (χ3v) is 9.21. The van der Waals surface area contributed by atoms with Crippen LogP contribution in [0.3, 0.4) is 0 Å². The normalized spacial score (nSPS) is 14.3. The molecule has 0 bridgehead atoms. The molecule has 9 heteroatoms. The Morgan fingerprint density at radius 1 is 1.05 bits per heavy atom. The molecule has 0 spiro atoms. The quantitative estimate of drug-likeness (QED) is 0.176. The number of aromatic nitrogens is 2. The van der Waals surface area contributed by atoms with Gasteiger partial charge in [0, 0.05) is 21.0 Å². The summed E-state index contributed by atoms with van der Waals surface area (Å²) in [7, 11) is 0. The van der Waals surface area contributed by atoms with Gasteiger partial charge in [-0.05, 0) is 87.5 Å². The highest BCUT2D eigenvalue weighted by molar-refractivity contribution is 9.13. The first-order chi connectivity index (χ1) is 19.0. The van der Waals surface area contributed by atoms with Crippen LogP contribution in [0.2, 0.25) is 5.02 Å². The molecule has 1 saturated carbocycles. The Bertz CT molecular complexity index is 1570. The lowest BCUT2D eigenvalue weighted by atomic mass is 9.88. The van der Waals surface area contributed by atoms with Crippen LogP contribution >= 0.6 is 43.5 Å². The zero-order valence-corrected chi connectivity index (χ0v) is 25.4. The highest BCUT2D eigenvalue weighted by Gasteiger charge is 2.23.